The van der Waals surface area contributed by atoms with E-state index in [0.29, 0.717) is 6.42 Å². The highest BCUT2D eigenvalue weighted by Gasteiger charge is 2.32. The van der Waals surface area contributed by atoms with Crippen molar-refractivity contribution in [3.8, 4) is 0 Å². The molecular weight excluding hydrogens is 260 g/mol. The standard InChI is InChI=1S/C13H24N4O3/c1-3-8(4-2)20-10-6-7(17-13(15)16)5-9(11(10)14)12(18)19/h7-8,10H,3-6,14H2,1-2H3,(H,18,19)(H4,15,16,17). The smallest absolute Gasteiger partial charge is 0.333 e. The molecule has 7 heteroatoms. The van der Waals surface area contributed by atoms with Gasteiger partial charge in [-0.2, -0.15) is 0 Å². The van der Waals surface area contributed by atoms with E-state index in [2.05, 4.69) is 4.99 Å². The molecule has 0 amide bonds. The summed E-state index contributed by atoms with van der Waals surface area (Å²) in [6, 6.07) is -0.308. The van der Waals surface area contributed by atoms with Crippen LogP contribution in [0.4, 0.5) is 0 Å². The molecule has 114 valence electrons. The fourth-order valence-corrected chi connectivity index (χ4v) is 2.37. The molecule has 7 nitrogen and oxygen atoms in total. The Balaban J connectivity index is 2.98. The SMILES string of the molecule is CCC(CC)OC1CC(N=C(N)N)CC(C(=O)O)=C1N. The summed E-state index contributed by atoms with van der Waals surface area (Å²) in [6.45, 7) is 4.03. The minimum Gasteiger partial charge on any atom is -0.478 e. The van der Waals surface area contributed by atoms with E-state index in [1.165, 1.54) is 0 Å². The van der Waals surface area contributed by atoms with Gasteiger partial charge in [0.05, 0.1) is 23.8 Å². The van der Waals surface area contributed by atoms with Crippen LogP contribution in [0.5, 0.6) is 0 Å². The van der Waals surface area contributed by atoms with Crippen molar-refractivity contribution >= 4 is 11.9 Å². The van der Waals surface area contributed by atoms with Gasteiger partial charge in [0.25, 0.3) is 0 Å². The fraction of sp³-hybridized carbons (Fsp3) is 0.692. The Labute approximate surface area is 118 Å². The molecule has 1 aliphatic rings. The van der Waals surface area contributed by atoms with Crippen LogP contribution in [0.1, 0.15) is 39.5 Å². The average Bonchev–Trinajstić information content (AvgIpc) is 2.37. The minimum absolute atomic E-state index is 0.0477. The van der Waals surface area contributed by atoms with E-state index >= 15 is 0 Å². The van der Waals surface area contributed by atoms with Crippen molar-refractivity contribution in [2.75, 3.05) is 0 Å². The second-order valence-electron chi connectivity index (χ2n) is 4.95. The summed E-state index contributed by atoms with van der Waals surface area (Å²) in [5, 5.41) is 9.22. The van der Waals surface area contributed by atoms with Gasteiger partial charge in [-0.25, -0.2) is 9.79 Å². The van der Waals surface area contributed by atoms with Gasteiger partial charge >= 0.3 is 5.97 Å². The fourth-order valence-electron chi connectivity index (χ4n) is 2.37. The molecular formula is C13H24N4O3. The van der Waals surface area contributed by atoms with E-state index in [9.17, 15) is 9.90 Å². The number of nitrogens with two attached hydrogens (primary N) is 3. The maximum atomic E-state index is 11.3. The van der Waals surface area contributed by atoms with Crippen LogP contribution in [-0.2, 0) is 9.53 Å². The summed E-state index contributed by atoms with van der Waals surface area (Å²) in [5.74, 6) is -1.10. The Morgan fingerprint density at radius 2 is 2.05 bits per heavy atom. The minimum atomic E-state index is -1.05. The number of carbonyl (C=O) groups is 1. The third kappa shape index (κ3) is 4.12. The summed E-state index contributed by atoms with van der Waals surface area (Å²) in [6.07, 6.45) is 2.00. The molecule has 0 aliphatic heterocycles. The lowest BCUT2D eigenvalue weighted by atomic mass is 9.90. The lowest BCUT2D eigenvalue weighted by Gasteiger charge is -2.31. The summed E-state index contributed by atoms with van der Waals surface area (Å²) >= 11 is 0. The summed E-state index contributed by atoms with van der Waals surface area (Å²) in [7, 11) is 0. The molecule has 0 heterocycles. The molecule has 1 rings (SSSR count). The van der Waals surface area contributed by atoms with E-state index in [4.69, 9.17) is 21.9 Å². The zero-order chi connectivity index (χ0) is 15.3. The molecule has 7 N–H and O–H groups in total. The molecule has 0 aromatic carbocycles. The highest BCUT2D eigenvalue weighted by molar-refractivity contribution is 5.88. The first-order chi connectivity index (χ1) is 9.38. The Morgan fingerprint density at radius 1 is 1.45 bits per heavy atom. The number of rotatable bonds is 6. The van der Waals surface area contributed by atoms with Gasteiger partial charge in [-0.15, -0.1) is 0 Å². The predicted molar refractivity (Wildman–Crippen MR) is 76.9 cm³/mol. The van der Waals surface area contributed by atoms with Crippen molar-refractivity contribution in [1.29, 1.82) is 0 Å². The number of ether oxygens (including phenoxy) is 1. The molecule has 0 fully saturated rings. The maximum absolute atomic E-state index is 11.3. The number of carboxylic acids is 1. The van der Waals surface area contributed by atoms with Crippen LogP contribution in [0.3, 0.4) is 0 Å². The van der Waals surface area contributed by atoms with E-state index in [0.717, 1.165) is 12.8 Å². The van der Waals surface area contributed by atoms with Gasteiger partial charge in [0.2, 0.25) is 0 Å². The molecule has 0 radical (unpaired) electrons. The lowest BCUT2D eigenvalue weighted by Crippen LogP contribution is -2.38. The van der Waals surface area contributed by atoms with Crippen molar-refractivity contribution in [1.82, 2.24) is 0 Å². The van der Waals surface area contributed by atoms with Gasteiger partial charge in [0.1, 0.15) is 0 Å². The Kier molecular flexibility index (Phi) is 5.82. The zero-order valence-electron chi connectivity index (χ0n) is 12.0. The quantitative estimate of drug-likeness (QED) is 0.409. The first-order valence-corrected chi connectivity index (χ1v) is 6.84. The molecule has 0 aromatic rings. The van der Waals surface area contributed by atoms with Crippen LogP contribution in [0.2, 0.25) is 0 Å². The van der Waals surface area contributed by atoms with Gasteiger partial charge in [-0.05, 0) is 12.8 Å². The third-order valence-electron chi connectivity index (χ3n) is 3.48. The van der Waals surface area contributed by atoms with Crippen molar-refractivity contribution in [3.05, 3.63) is 11.3 Å². The molecule has 20 heavy (non-hydrogen) atoms. The number of hydrogen-bond acceptors (Lipinski definition) is 4. The Morgan fingerprint density at radius 3 is 2.50 bits per heavy atom. The molecule has 0 saturated carbocycles. The molecule has 2 unspecified atom stereocenters. The van der Waals surface area contributed by atoms with Gasteiger partial charge in [-0.3, -0.25) is 0 Å². The van der Waals surface area contributed by atoms with Gasteiger partial charge < -0.3 is 27.0 Å². The van der Waals surface area contributed by atoms with Crippen molar-refractivity contribution in [3.63, 3.8) is 0 Å². The monoisotopic (exact) mass is 284 g/mol. The predicted octanol–water partition coefficient (Wildman–Crippen LogP) is 0.293. The largest absolute Gasteiger partial charge is 0.478 e. The highest BCUT2D eigenvalue weighted by atomic mass is 16.5. The number of carboxylic acid groups (broad SMARTS) is 1. The Bertz CT molecular complexity index is 412. The van der Waals surface area contributed by atoms with Crippen molar-refractivity contribution in [2.45, 2.75) is 57.8 Å². The molecule has 2 atom stereocenters. The number of aliphatic carboxylic acids is 1. The van der Waals surface area contributed by atoms with Crippen molar-refractivity contribution < 1.29 is 14.6 Å². The van der Waals surface area contributed by atoms with Crippen LogP contribution in [0.15, 0.2) is 16.3 Å². The molecule has 0 saturated heterocycles. The average molecular weight is 284 g/mol. The summed E-state index contributed by atoms with van der Waals surface area (Å²) in [4.78, 5) is 15.3. The highest BCUT2D eigenvalue weighted by Crippen LogP contribution is 2.28. The van der Waals surface area contributed by atoms with Gasteiger partial charge in [0, 0.05) is 18.5 Å². The molecule has 0 bridgehead atoms. The van der Waals surface area contributed by atoms with Crippen LogP contribution < -0.4 is 17.2 Å². The third-order valence-corrected chi connectivity index (χ3v) is 3.48. The van der Waals surface area contributed by atoms with E-state index in [1.807, 2.05) is 13.8 Å². The maximum Gasteiger partial charge on any atom is 0.333 e. The molecule has 1 aliphatic carbocycles. The number of aliphatic imine (C=N–C) groups is 1. The topological polar surface area (TPSA) is 137 Å². The first kappa shape index (κ1) is 16.3. The van der Waals surface area contributed by atoms with Gasteiger partial charge in [0.15, 0.2) is 5.96 Å². The number of nitrogens with zero attached hydrogens (tertiary/aromatic N) is 1. The zero-order valence-corrected chi connectivity index (χ0v) is 12.0. The second-order valence-corrected chi connectivity index (χ2v) is 4.95. The van der Waals surface area contributed by atoms with Crippen LogP contribution in [0.25, 0.3) is 0 Å². The van der Waals surface area contributed by atoms with Crippen molar-refractivity contribution in [2.24, 2.45) is 22.2 Å². The second kappa shape index (κ2) is 7.14. The molecule has 0 aromatic heterocycles. The van der Waals surface area contributed by atoms with Gasteiger partial charge in [-0.1, -0.05) is 13.8 Å². The van der Waals surface area contributed by atoms with E-state index < -0.39 is 12.1 Å². The summed E-state index contributed by atoms with van der Waals surface area (Å²) < 4.78 is 5.90. The van der Waals surface area contributed by atoms with Crippen LogP contribution in [0, 0.1) is 0 Å². The number of hydrogen-bond donors (Lipinski definition) is 4. The lowest BCUT2D eigenvalue weighted by molar-refractivity contribution is -0.133. The summed E-state index contributed by atoms with van der Waals surface area (Å²) in [5.41, 5.74) is 17.1. The number of guanidine groups is 1. The van der Waals surface area contributed by atoms with E-state index in [-0.39, 0.29) is 35.8 Å². The Hall–Kier alpha value is -1.76. The van der Waals surface area contributed by atoms with Crippen LogP contribution >= 0.6 is 0 Å². The van der Waals surface area contributed by atoms with E-state index in [1.54, 1.807) is 0 Å². The first-order valence-electron chi connectivity index (χ1n) is 6.84. The normalized spacial score (nSPS) is 22.9. The van der Waals surface area contributed by atoms with Crippen LogP contribution in [-0.4, -0.2) is 35.3 Å². The molecule has 0 spiro atoms.